The third-order valence-electron chi connectivity index (χ3n) is 2.06. The molecule has 0 rings (SSSR count). The van der Waals surface area contributed by atoms with Crippen LogP contribution in [0, 0.1) is 0 Å². The van der Waals surface area contributed by atoms with Crippen LogP contribution in [-0.4, -0.2) is 31.8 Å². The van der Waals surface area contributed by atoms with Crippen molar-refractivity contribution in [2.45, 2.75) is 45.6 Å². The number of esters is 1. The van der Waals surface area contributed by atoms with Crippen LogP contribution in [0.4, 0.5) is 4.79 Å². The van der Waals surface area contributed by atoms with Crippen LogP contribution in [0.2, 0.25) is 0 Å². The van der Waals surface area contributed by atoms with Crippen molar-refractivity contribution in [3.05, 3.63) is 0 Å². The molecule has 0 bridgehead atoms. The quantitative estimate of drug-likeness (QED) is 0.679. The number of rotatable bonds is 7. The van der Waals surface area contributed by atoms with Crippen molar-refractivity contribution in [2.75, 3.05) is 13.7 Å². The Balaban J connectivity index is 4.17. The topological polar surface area (TPSA) is 64.6 Å². The first-order chi connectivity index (χ1) is 7.65. The van der Waals surface area contributed by atoms with Gasteiger partial charge in [-0.25, -0.2) is 9.59 Å². The Hall–Kier alpha value is -1.26. The molecule has 0 aromatic heterocycles. The van der Waals surface area contributed by atoms with E-state index in [1.54, 1.807) is 0 Å². The number of methoxy groups -OCH3 is 1. The van der Waals surface area contributed by atoms with Crippen molar-refractivity contribution in [2.24, 2.45) is 0 Å². The van der Waals surface area contributed by atoms with Crippen molar-refractivity contribution in [1.82, 2.24) is 5.32 Å². The van der Waals surface area contributed by atoms with Gasteiger partial charge in [0.2, 0.25) is 0 Å². The van der Waals surface area contributed by atoms with Gasteiger partial charge in [-0.3, -0.25) is 0 Å². The minimum absolute atomic E-state index is 0.379. The average molecular weight is 231 g/mol. The lowest BCUT2D eigenvalue weighted by molar-refractivity contribution is -0.146. The summed E-state index contributed by atoms with van der Waals surface area (Å²) in [5.74, 6) is -0.388. The van der Waals surface area contributed by atoms with Gasteiger partial charge < -0.3 is 14.8 Å². The van der Waals surface area contributed by atoms with Gasteiger partial charge in [-0.1, -0.05) is 26.7 Å². The molecule has 0 aliphatic carbocycles. The largest absolute Gasteiger partial charge is 0.464 e. The Labute approximate surface area is 96.5 Å². The molecule has 0 saturated heterocycles. The SMILES string of the molecule is CCCCC(NC(=O)OC)C(=O)OCCC. The van der Waals surface area contributed by atoms with E-state index in [9.17, 15) is 9.59 Å². The fraction of sp³-hybridized carbons (Fsp3) is 0.818. The summed E-state index contributed by atoms with van der Waals surface area (Å²) in [7, 11) is 1.27. The summed E-state index contributed by atoms with van der Waals surface area (Å²) in [4.78, 5) is 22.6. The molecule has 5 heteroatoms. The predicted octanol–water partition coefficient (Wildman–Crippen LogP) is 1.85. The van der Waals surface area contributed by atoms with E-state index in [4.69, 9.17) is 4.74 Å². The van der Waals surface area contributed by atoms with E-state index >= 15 is 0 Å². The van der Waals surface area contributed by atoms with E-state index in [0.717, 1.165) is 19.3 Å². The first-order valence-corrected chi connectivity index (χ1v) is 5.66. The molecule has 1 N–H and O–H groups in total. The summed E-state index contributed by atoms with van der Waals surface area (Å²) in [6, 6.07) is -0.598. The van der Waals surface area contributed by atoms with Crippen LogP contribution < -0.4 is 5.32 Å². The highest BCUT2D eigenvalue weighted by molar-refractivity contribution is 5.81. The summed E-state index contributed by atoms with van der Waals surface area (Å²) in [6.07, 6.45) is 2.56. The van der Waals surface area contributed by atoms with Gasteiger partial charge in [-0.2, -0.15) is 0 Å². The van der Waals surface area contributed by atoms with Crippen LogP contribution in [0.1, 0.15) is 39.5 Å². The van der Waals surface area contributed by atoms with E-state index in [0.29, 0.717) is 13.0 Å². The number of unbranched alkanes of at least 4 members (excludes halogenated alkanes) is 1. The third-order valence-corrected chi connectivity index (χ3v) is 2.06. The number of amides is 1. The first-order valence-electron chi connectivity index (χ1n) is 5.66. The summed E-state index contributed by atoms with van der Waals surface area (Å²) in [5.41, 5.74) is 0. The van der Waals surface area contributed by atoms with E-state index < -0.39 is 12.1 Å². The number of hydrogen-bond donors (Lipinski definition) is 1. The van der Waals surface area contributed by atoms with E-state index in [2.05, 4.69) is 10.1 Å². The van der Waals surface area contributed by atoms with Crippen LogP contribution in [0.25, 0.3) is 0 Å². The van der Waals surface area contributed by atoms with Crippen LogP contribution in [0.3, 0.4) is 0 Å². The molecule has 0 radical (unpaired) electrons. The fourth-order valence-corrected chi connectivity index (χ4v) is 1.16. The van der Waals surface area contributed by atoms with Crippen molar-refractivity contribution < 1.29 is 19.1 Å². The van der Waals surface area contributed by atoms with Crippen molar-refractivity contribution in [3.63, 3.8) is 0 Å². The lowest BCUT2D eigenvalue weighted by Crippen LogP contribution is -2.41. The smallest absolute Gasteiger partial charge is 0.407 e. The van der Waals surface area contributed by atoms with E-state index in [1.165, 1.54) is 7.11 Å². The highest BCUT2D eigenvalue weighted by Gasteiger charge is 2.21. The highest BCUT2D eigenvalue weighted by atomic mass is 16.5. The standard InChI is InChI=1S/C11H21NO4/c1-4-6-7-9(12-11(14)15-3)10(13)16-8-5-2/h9H,4-8H2,1-3H3,(H,12,14). The number of carbonyl (C=O) groups excluding carboxylic acids is 2. The maximum atomic E-state index is 11.6. The summed E-state index contributed by atoms with van der Waals surface area (Å²) < 4.78 is 9.44. The monoisotopic (exact) mass is 231 g/mol. The molecule has 16 heavy (non-hydrogen) atoms. The number of alkyl carbamates (subject to hydrolysis) is 1. The van der Waals surface area contributed by atoms with Crippen LogP contribution >= 0.6 is 0 Å². The molecule has 0 fully saturated rings. The minimum Gasteiger partial charge on any atom is -0.464 e. The third kappa shape index (κ3) is 6.27. The Morgan fingerprint density at radius 2 is 1.94 bits per heavy atom. The zero-order chi connectivity index (χ0) is 12.4. The lowest BCUT2D eigenvalue weighted by atomic mass is 10.1. The second-order valence-corrected chi connectivity index (χ2v) is 3.50. The van der Waals surface area contributed by atoms with Crippen LogP contribution in [0.5, 0.6) is 0 Å². The van der Waals surface area contributed by atoms with Crippen LogP contribution in [0.15, 0.2) is 0 Å². The number of hydrogen-bond acceptors (Lipinski definition) is 4. The molecule has 5 nitrogen and oxygen atoms in total. The molecular weight excluding hydrogens is 210 g/mol. The molecule has 0 saturated carbocycles. The molecule has 0 heterocycles. The fourth-order valence-electron chi connectivity index (χ4n) is 1.16. The predicted molar refractivity (Wildman–Crippen MR) is 60.1 cm³/mol. The van der Waals surface area contributed by atoms with Gasteiger partial charge in [0.15, 0.2) is 0 Å². The second-order valence-electron chi connectivity index (χ2n) is 3.50. The molecule has 1 unspecified atom stereocenters. The summed E-state index contributed by atoms with van der Waals surface area (Å²) in [5, 5.41) is 2.47. The van der Waals surface area contributed by atoms with Gasteiger partial charge >= 0.3 is 12.1 Å². The van der Waals surface area contributed by atoms with Crippen molar-refractivity contribution in [3.8, 4) is 0 Å². The molecule has 0 aliphatic rings. The minimum atomic E-state index is -0.602. The molecule has 1 atom stereocenters. The zero-order valence-electron chi connectivity index (χ0n) is 10.2. The van der Waals surface area contributed by atoms with Gasteiger partial charge in [0.1, 0.15) is 6.04 Å². The highest BCUT2D eigenvalue weighted by Crippen LogP contribution is 2.03. The number of carbonyl (C=O) groups is 2. The zero-order valence-corrected chi connectivity index (χ0v) is 10.2. The molecule has 0 aromatic carbocycles. The molecule has 0 aromatic rings. The van der Waals surface area contributed by atoms with Crippen LogP contribution in [-0.2, 0) is 14.3 Å². The Kier molecular flexibility index (Phi) is 8.29. The van der Waals surface area contributed by atoms with E-state index in [1.807, 2.05) is 13.8 Å². The van der Waals surface area contributed by atoms with Crippen molar-refractivity contribution >= 4 is 12.1 Å². The average Bonchev–Trinajstić information content (AvgIpc) is 2.30. The van der Waals surface area contributed by atoms with E-state index in [-0.39, 0.29) is 5.97 Å². The van der Waals surface area contributed by atoms with Gasteiger partial charge in [0.05, 0.1) is 13.7 Å². The Bertz CT molecular complexity index is 218. The molecule has 1 amide bonds. The second kappa shape index (κ2) is 9.00. The number of nitrogens with one attached hydrogen (secondary N) is 1. The van der Waals surface area contributed by atoms with Crippen molar-refractivity contribution in [1.29, 1.82) is 0 Å². The number of ether oxygens (including phenoxy) is 2. The summed E-state index contributed by atoms with van der Waals surface area (Å²) >= 11 is 0. The maximum absolute atomic E-state index is 11.6. The lowest BCUT2D eigenvalue weighted by Gasteiger charge is -2.16. The maximum Gasteiger partial charge on any atom is 0.407 e. The summed E-state index contributed by atoms with van der Waals surface area (Å²) in [6.45, 7) is 4.32. The first kappa shape index (κ1) is 14.7. The molecule has 0 spiro atoms. The molecule has 0 aliphatic heterocycles. The Morgan fingerprint density at radius 3 is 2.44 bits per heavy atom. The van der Waals surface area contributed by atoms with Gasteiger partial charge in [0.25, 0.3) is 0 Å². The normalized spacial score (nSPS) is 11.7. The molecular formula is C11H21NO4. The Morgan fingerprint density at radius 1 is 1.25 bits per heavy atom. The van der Waals surface area contributed by atoms with Gasteiger partial charge in [0, 0.05) is 0 Å². The van der Waals surface area contributed by atoms with Gasteiger partial charge in [-0.15, -0.1) is 0 Å². The van der Waals surface area contributed by atoms with Gasteiger partial charge in [-0.05, 0) is 12.8 Å². The molecule has 94 valence electrons.